The van der Waals surface area contributed by atoms with Gasteiger partial charge < -0.3 is 14.5 Å². The quantitative estimate of drug-likeness (QED) is 0.900. The maximum atomic E-state index is 5.57. The fraction of sp³-hybridized carbons (Fsp3) is 0.385. The molecule has 0 radical (unpaired) electrons. The van der Waals surface area contributed by atoms with E-state index in [-0.39, 0.29) is 6.04 Å². The highest BCUT2D eigenvalue weighted by atomic mass is 16.5. The number of aromatic nitrogens is 2. The average molecular weight is 247 g/mol. The van der Waals surface area contributed by atoms with Gasteiger partial charge in [-0.1, -0.05) is 0 Å². The van der Waals surface area contributed by atoms with Crippen molar-refractivity contribution in [1.82, 2.24) is 9.97 Å². The molecule has 2 heterocycles. The highest BCUT2D eigenvalue weighted by molar-refractivity contribution is 5.40. The van der Waals surface area contributed by atoms with E-state index < -0.39 is 0 Å². The SMILES string of the molecule is COc1cc(NC(C)c2ccc(C)o2)nc(C)n1. The van der Waals surface area contributed by atoms with Crippen molar-refractivity contribution in [2.45, 2.75) is 26.8 Å². The molecule has 5 heteroatoms. The number of aryl methyl sites for hydroxylation is 2. The first-order valence-electron chi connectivity index (χ1n) is 5.81. The largest absolute Gasteiger partial charge is 0.481 e. The third-order valence-electron chi connectivity index (χ3n) is 2.58. The summed E-state index contributed by atoms with van der Waals surface area (Å²) in [5, 5.41) is 3.26. The molecule has 0 saturated heterocycles. The Morgan fingerprint density at radius 3 is 2.67 bits per heavy atom. The topological polar surface area (TPSA) is 60.2 Å². The van der Waals surface area contributed by atoms with E-state index in [9.17, 15) is 0 Å². The Morgan fingerprint density at radius 2 is 2.06 bits per heavy atom. The van der Waals surface area contributed by atoms with Gasteiger partial charge in [-0.2, -0.15) is 4.98 Å². The summed E-state index contributed by atoms with van der Waals surface area (Å²) in [4.78, 5) is 8.45. The summed E-state index contributed by atoms with van der Waals surface area (Å²) in [6.45, 7) is 5.77. The lowest BCUT2D eigenvalue weighted by Crippen LogP contribution is -2.08. The second kappa shape index (κ2) is 5.08. The summed E-state index contributed by atoms with van der Waals surface area (Å²) in [6.07, 6.45) is 0. The van der Waals surface area contributed by atoms with Gasteiger partial charge in [-0.25, -0.2) is 4.98 Å². The van der Waals surface area contributed by atoms with Crippen LogP contribution >= 0.6 is 0 Å². The Hall–Kier alpha value is -2.04. The van der Waals surface area contributed by atoms with Gasteiger partial charge in [0.25, 0.3) is 0 Å². The molecule has 18 heavy (non-hydrogen) atoms. The lowest BCUT2D eigenvalue weighted by molar-refractivity contribution is 0.395. The van der Waals surface area contributed by atoms with Crippen molar-refractivity contribution >= 4 is 5.82 Å². The standard InChI is InChI=1S/C13H17N3O2/c1-8-5-6-11(18-8)9(2)14-12-7-13(17-4)16-10(3)15-12/h5-7,9H,1-4H3,(H,14,15,16). The molecular weight excluding hydrogens is 230 g/mol. The Balaban J connectivity index is 2.16. The van der Waals surface area contributed by atoms with Gasteiger partial charge >= 0.3 is 0 Å². The molecule has 1 atom stereocenters. The van der Waals surface area contributed by atoms with E-state index >= 15 is 0 Å². The van der Waals surface area contributed by atoms with E-state index in [1.54, 1.807) is 13.2 Å². The normalized spacial score (nSPS) is 12.2. The predicted octanol–water partition coefficient (Wildman–Crippen LogP) is 2.87. The molecule has 0 amide bonds. The van der Waals surface area contributed by atoms with Crippen LogP contribution in [0, 0.1) is 13.8 Å². The number of nitrogens with zero attached hydrogens (tertiary/aromatic N) is 2. The van der Waals surface area contributed by atoms with Crippen LogP contribution in [0.3, 0.4) is 0 Å². The number of methoxy groups -OCH3 is 1. The van der Waals surface area contributed by atoms with E-state index in [2.05, 4.69) is 15.3 Å². The van der Waals surface area contributed by atoms with Gasteiger partial charge in [0.2, 0.25) is 5.88 Å². The van der Waals surface area contributed by atoms with Crippen LogP contribution < -0.4 is 10.1 Å². The van der Waals surface area contributed by atoms with Crippen molar-refractivity contribution < 1.29 is 9.15 Å². The molecule has 0 aromatic carbocycles. The molecule has 1 N–H and O–H groups in total. The van der Waals surface area contributed by atoms with Gasteiger partial charge in [-0.15, -0.1) is 0 Å². The van der Waals surface area contributed by atoms with Crippen LogP contribution in [0.15, 0.2) is 22.6 Å². The first-order chi connectivity index (χ1) is 8.58. The smallest absolute Gasteiger partial charge is 0.218 e. The van der Waals surface area contributed by atoms with Crippen molar-refractivity contribution in [3.8, 4) is 5.88 Å². The maximum Gasteiger partial charge on any atom is 0.218 e. The van der Waals surface area contributed by atoms with E-state index in [0.29, 0.717) is 11.7 Å². The molecule has 0 saturated carbocycles. The lowest BCUT2D eigenvalue weighted by atomic mass is 10.2. The molecule has 5 nitrogen and oxygen atoms in total. The van der Waals surface area contributed by atoms with E-state index in [0.717, 1.165) is 17.3 Å². The molecule has 0 aliphatic carbocycles. The van der Waals surface area contributed by atoms with E-state index in [1.165, 1.54) is 0 Å². The second-order valence-electron chi connectivity index (χ2n) is 4.16. The van der Waals surface area contributed by atoms with Crippen molar-refractivity contribution in [3.05, 3.63) is 35.5 Å². The third kappa shape index (κ3) is 2.80. The molecule has 2 rings (SSSR count). The fourth-order valence-corrected chi connectivity index (χ4v) is 1.70. The van der Waals surface area contributed by atoms with Gasteiger partial charge in [0.15, 0.2) is 0 Å². The summed E-state index contributed by atoms with van der Waals surface area (Å²) >= 11 is 0. The molecule has 0 fully saturated rings. The molecule has 2 aromatic heterocycles. The first kappa shape index (κ1) is 12.4. The van der Waals surface area contributed by atoms with Gasteiger partial charge in [0.1, 0.15) is 23.2 Å². The highest BCUT2D eigenvalue weighted by Crippen LogP contribution is 2.21. The molecule has 2 aromatic rings. The summed E-state index contributed by atoms with van der Waals surface area (Å²) < 4.78 is 10.7. The molecule has 0 bridgehead atoms. The van der Waals surface area contributed by atoms with Crippen molar-refractivity contribution in [2.24, 2.45) is 0 Å². The summed E-state index contributed by atoms with van der Waals surface area (Å²) in [5.74, 6) is 3.71. The van der Waals surface area contributed by atoms with Crippen LogP contribution in [-0.2, 0) is 0 Å². The number of nitrogens with one attached hydrogen (secondary N) is 1. The monoisotopic (exact) mass is 247 g/mol. The van der Waals surface area contributed by atoms with E-state index in [4.69, 9.17) is 9.15 Å². The zero-order valence-corrected chi connectivity index (χ0v) is 11.0. The molecular formula is C13H17N3O2. The Bertz CT molecular complexity index is 537. The Labute approximate surface area is 106 Å². The number of hydrogen-bond acceptors (Lipinski definition) is 5. The number of furan rings is 1. The maximum absolute atomic E-state index is 5.57. The number of hydrogen-bond donors (Lipinski definition) is 1. The zero-order chi connectivity index (χ0) is 13.1. The van der Waals surface area contributed by atoms with Crippen LogP contribution in [-0.4, -0.2) is 17.1 Å². The summed E-state index contributed by atoms with van der Waals surface area (Å²) in [5.41, 5.74) is 0. The van der Waals surface area contributed by atoms with Gasteiger partial charge in [-0.05, 0) is 32.9 Å². The van der Waals surface area contributed by atoms with Crippen molar-refractivity contribution in [1.29, 1.82) is 0 Å². The minimum absolute atomic E-state index is 0.0395. The lowest BCUT2D eigenvalue weighted by Gasteiger charge is -2.13. The van der Waals surface area contributed by atoms with Crippen LogP contribution in [0.25, 0.3) is 0 Å². The summed E-state index contributed by atoms with van der Waals surface area (Å²) in [6, 6.07) is 5.70. The van der Waals surface area contributed by atoms with Gasteiger partial charge in [0, 0.05) is 6.07 Å². The zero-order valence-electron chi connectivity index (χ0n) is 11.0. The molecule has 0 aliphatic rings. The number of anilines is 1. The second-order valence-corrected chi connectivity index (χ2v) is 4.16. The average Bonchev–Trinajstić information content (AvgIpc) is 2.75. The highest BCUT2D eigenvalue weighted by Gasteiger charge is 2.11. The molecule has 96 valence electrons. The Morgan fingerprint density at radius 1 is 1.28 bits per heavy atom. The summed E-state index contributed by atoms with van der Waals surface area (Å²) in [7, 11) is 1.59. The van der Waals surface area contributed by atoms with Crippen LogP contribution in [0.4, 0.5) is 5.82 Å². The number of ether oxygens (including phenoxy) is 1. The van der Waals surface area contributed by atoms with Crippen LogP contribution in [0.5, 0.6) is 5.88 Å². The van der Waals surface area contributed by atoms with E-state index in [1.807, 2.05) is 32.9 Å². The van der Waals surface area contributed by atoms with Crippen LogP contribution in [0.2, 0.25) is 0 Å². The van der Waals surface area contributed by atoms with Crippen molar-refractivity contribution in [3.63, 3.8) is 0 Å². The molecule has 0 aliphatic heterocycles. The Kier molecular flexibility index (Phi) is 3.50. The predicted molar refractivity (Wildman–Crippen MR) is 68.8 cm³/mol. The van der Waals surface area contributed by atoms with Gasteiger partial charge in [-0.3, -0.25) is 0 Å². The first-order valence-corrected chi connectivity index (χ1v) is 5.81. The minimum Gasteiger partial charge on any atom is -0.481 e. The minimum atomic E-state index is 0.0395. The van der Waals surface area contributed by atoms with Crippen LogP contribution in [0.1, 0.15) is 30.3 Å². The number of rotatable bonds is 4. The third-order valence-corrected chi connectivity index (χ3v) is 2.58. The van der Waals surface area contributed by atoms with Crippen molar-refractivity contribution in [2.75, 3.05) is 12.4 Å². The van der Waals surface area contributed by atoms with Gasteiger partial charge in [0.05, 0.1) is 13.2 Å². The fourth-order valence-electron chi connectivity index (χ4n) is 1.70. The molecule has 1 unspecified atom stereocenters. The molecule has 0 spiro atoms.